The van der Waals surface area contributed by atoms with Crippen LogP contribution in [0.2, 0.25) is 0 Å². The molecule has 1 fully saturated rings. The lowest BCUT2D eigenvalue weighted by atomic mass is 10.3. The fourth-order valence-corrected chi connectivity index (χ4v) is 3.60. The number of hydrogen-bond donors (Lipinski definition) is 1. The number of amides is 2. The largest absolute Gasteiger partial charge is 0.342 e. The van der Waals surface area contributed by atoms with Crippen molar-refractivity contribution in [2.24, 2.45) is 0 Å². The molecule has 0 saturated carbocycles. The van der Waals surface area contributed by atoms with Crippen LogP contribution in [0.15, 0.2) is 30.3 Å². The van der Waals surface area contributed by atoms with Crippen LogP contribution in [0.1, 0.15) is 33.2 Å². The van der Waals surface area contributed by atoms with Gasteiger partial charge in [0.1, 0.15) is 4.88 Å². The molecule has 5 nitrogen and oxygen atoms in total. The van der Waals surface area contributed by atoms with Crippen LogP contribution < -0.4 is 5.32 Å². The molecule has 1 aromatic heterocycles. The Morgan fingerprint density at radius 3 is 2.83 bits per heavy atom. The van der Waals surface area contributed by atoms with E-state index in [2.05, 4.69) is 10.3 Å². The van der Waals surface area contributed by atoms with Crippen LogP contribution in [0, 0.1) is 6.92 Å². The normalized spacial score (nSPS) is 14.3. The van der Waals surface area contributed by atoms with E-state index in [1.54, 1.807) is 0 Å². The number of rotatable bonds is 5. The van der Waals surface area contributed by atoms with Gasteiger partial charge in [0.15, 0.2) is 0 Å². The van der Waals surface area contributed by atoms with Gasteiger partial charge < -0.3 is 10.2 Å². The van der Waals surface area contributed by atoms with E-state index in [1.165, 1.54) is 11.3 Å². The molecule has 0 radical (unpaired) electrons. The summed E-state index contributed by atoms with van der Waals surface area (Å²) in [7, 11) is 0. The summed E-state index contributed by atoms with van der Waals surface area (Å²) in [5, 5.41) is 3.79. The summed E-state index contributed by atoms with van der Waals surface area (Å²) in [6.45, 7) is 3.37. The van der Waals surface area contributed by atoms with Crippen molar-refractivity contribution in [1.82, 2.24) is 9.88 Å². The number of aryl methyl sites for hydroxylation is 1. The zero-order valence-electron chi connectivity index (χ0n) is 13.0. The number of aromatic nitrogens is 1. The van der Waals surface area contributed by atoms with Gasteiger partial charge >= 0.3 is 0 Å². The number of benzene rings is 1. The molecule has 120 valence electrons. The number of nitrogens with zero attached hydrogens (tertiary/aromatic N) is 2. The molecule has 6 heteroatoms. The summed E-state index contributed by atoms with van der Waals surface area (Å²) in [6, 6.07) is 9.38. The average Bonchev–Trinajstić information content (AvgIpc) is 3.12. The van der Waals surface area contributed by atoms with Gasteiger partial charge in [-0.05, 0) is 25.5 Å². The highest BCUT2D eigenvalue weighted by molar-refractivity contribution is 7.13. The highest BCUT2D eigenvalue weighted by Gasteiger charge is 2.21. The van der Waals surface area contributed by atoms with Gasteiger partial charge in [0.25, 0.3) is 5.91 Å². The van der Waals surface area contributed by atoms with Crippen molar-refractivity contribution < 1.29 is 9.59 Å². The van der Waals surface area contributed by atoms with E-state index in [4.69, 9.17) is 0 Å². The van der Waals surface area contributed by atoms with Crippen LogP contribution in [-0.4, -0.2) is 34.8 Å². The van der Waals surface area contributed by atoms with Gasteiger partial charge in [-0.3, -0.25) is 9.59 Å². The van der Waals surface area contributed by atoms with E-state index in [0.717, 1.165) is 29.4 Å². The number of para-hydroxylation sites is 1. The molecule has 1 aliphatic heterocycles. The van der Waals surface area contributed by atoms with Crippen molar-refractivity contribution in [2.45, 2.75) is 26.2 Å². The molecular formula is C17H19N3O2S. The lowest BCUT2D eigenvalue weighted by molar-refractivity contribution is -0.127. The van der Waals surface area contributed by atoms with E-state index in [-0.39, 0.29) is 11.8 Å². The van der Waals surface area contributed by atoms with Crippen LogP contribution in [0.4, 0.5) is 5.69 Å². The maximum atomic E-state index is 12.4. The summed E-state index contributed by atoms with van der Waals surface area (Å²) in [5.74, 6) is 0.0926. The molecule has 1 saturated heterocycles. The average molecular weight is 329 g/mol. The Kier molecular flexibility index (Phi) is 4.71. The molecule has 2 aromatic rings. The molecule has 23 heavy (non-hydrogen) atoms. The van der Waals surface area contributed by atoms with Gasteiger partial charge in [-0.15, -0.1) is 11.3 Å². The second kappa shape index (κ2) is 6.91. The fourth-order valence-electron chi connectivity index (χ4n) is 2.65. The summed E-state index contributed by atoms with van der Waals surface area (Å²) < 4.78 is 0. The molecule has 2 amide bonds. The molecule has 3 rings (SSSR count). The Bertz CT molecular complexity index is 712. The highest BCUT2D eigenvalue weighted by atomic mass is 32.1. The molecule has 0 atom stereocenters. The summed E-state index contributed by atoms with van der Waals surface area (Å²) >= 11 is 1.41. The number of carbonyl (C=O) groups is 2. The Hall–Kier alpha value is -2.21. The Morgan fingerprint density at radius 1 is 1.35 bits per heavy atom. The summed E-state index contributed by atoms with van der Waals surface area (Å²) in [5.41, 5.74) is 1.51. The van der Waals surface area contributed by atoms with Crippen LogP contribution in [-0.2, 0) is 11.2 Å². The van der Waals surface area contributed by atoms with Crippen molar-refractivity contribution in [3.63, 3.8) is 0 Å². The van der Waals surface area contributed by atoms with Gasteiger partial charge in [0.05, 0.1) is 10.7 Å². The molecule has 1 aliphatic rings. The first-order valence-corrected chi connectivity index (χ1v) is 8.55. The smallest absolute Gasteiger partial charge is 0.267 e. The lowest BCUT2D eigenvalue weighted by Gasteiger charge is -2.13. The SMILES string of the molecule is Cc1nc(CCN2CCCC2=O)sc1C(=O)Nc1ccccc1. The molecule has 0 spiro atoms. The van der Waals surface area contributed by atoms with Crippen molar-refractivity contribution in [3.8, 4) is 0 Å². The van der Waals surface area contributed by atoms with Crippen LogP contribution in [0.5, 0.6) is 0 Å². The maximum Gasteiger partial charge on any atom is 0.267 e. The Morgan fingerprint density at radius 2 is 2.13 bits per heavy atom. The second-order valence-electron chi connectivity index (χ2n) is 5.58. The van der Waals surface area contributed by atoms with E-state index in [0.29, 0.717) is 24.3 Å². The first-order chi connectivity index (χ1) is 11.1. The topological polar surface area (TPSA) is 62.3 Å². The van der Waals surface area contributed by atoms with Crippen LogP contribution >= 0.6 is 11.3 Å². The second-order valence-corrected chi connectivity index (χ2v) is 6.66. The molecular weight excluding hydrogens is 310 g/mol. The third-order valence-electron chi connectivity index (χ3n) is 3.85. The van der Waals surface area contributed by atoms with E-state index < -0.39 is 0 Å². The highest BCUT2D eigenvalue weighted by Crippen LogP contribution is 2.21. The van der Waals surface area contributed by atoms with E-state index >= 15 is 0 Å². The van der Waals surface area contributed by atoms with Crippen LogP contribution in [0.3, 0.4) is 0 Å². The number of hydrogen-bond acceptors (Lipinski definition) is 4. The monoisotopic (exact) mass is 329 g/mol. The van der Waals surface area contributed by atoms with E-state index in [9.17, 15) is 9.59 Å². The van der Waals surface area contributed by atoms with Gasteiger partial charge in [0, 0.05) is 31.6 Å². The molecule has 1 aromatic carbocycles. The number of thiazole rings is 1. The lowest BCUT2D eigenvalue weighted by Crippen LogP contribution is -2.26. The molecule has 2 heterocycles. The standard InChI is InChI=1S/C17H19N3O2S/c1-12-16(17(22)19-13-6-3-2-4-7-13)23-14(18-12)9-11-20-10-5-8-15(20)21/h2-4,6-7H,5,8-11H2,1H3,(H,19,22). The van der Waals surface area contributed by atoms with Gasteiger partial charge in [-0.1, -0.05) is 18.2 Å². The number of anilines is 1. The number of likely N-dealkylation sites (tertiary alicyclic amines) is 1. The predicted molar refractivity (Wildman–Crippen MR) is 90.8 cm³/mol. The van der Waals surface area contributed by atoms with Crippen molar-refractivity contribution in [1.29, 1.82) is 0 Å². The first-order valence-electron chi connectivity index (χ1n) is 7.74. The summed E-state index contributed by atoms with van der Waals surface area (Å²) in [4.78, 5) is 31.0. The number of carbonyl (C=O) groups excluding carboxylic acids is 2. The third kappa shape index (κ3) is 3.76. The minimum Gasteiger partial charge on any atom is -0.342 e. The predicted octanol–water partition coefficient (Wildman–Crippen LogP) is 2.87. The minimum atomic E-state index is -0.130. The van der Waals surface area contributed by atoms with Gasteiger partial charge in [0.2, 0.25) is 5.91 Å². The minimum absolute atomic E-state index is 0.130. The zero-order valence-corrected chi connectivity index (χ0v) is 13.9. The van der Waals surface area contributed by atoms with Gasteiger partial charge in [-0.25, -0.2) is 4.98 Å². The zero-order chi connectivity index (χ0) is 16.2. The molecule has 0 unspecified atom stereocenters. The quantitative estimate of drug-likeness (QED) is 0.917. The maximum absolute atomic E-state index is 12.4. The van der Waals surface area contributed by atoms with Crippen LogP contribution in [0.25, 0.3) is 0 Å². The number of nitrogens with one attached hydrogen (secondary N) is 1. The molecule has 0 bridgehead atoms. The molecule has 0 aliphatic carbocycles. The van der Waals surface area contributed by atoms with Gasteiger partial charge in [-0.2, -0.15) is 0 Å². The van der Waals surface area contributed by atoms with Crippen molar-refractivity contribution in [3.05, 3.63) is 45.9 Å². The van der Waals surface area contributed by atoms with Crippen molar-refractivity contribution in [2.75, 3.05) is 18.4 Å². The first kappa shape index (κ1) is 15.7. The molecule has 1 N–H and O–H groups in total. The fraction of sp³-hybridized carbons (Fsp3) is 0.353. The Balaban J connectivity index is 1.63. The van der Waals surface area contributed by atoms with Crippen molar-refractivity contribution >= 4 is 28.8 Å². The Labute approximate surface area is 139 Å². The van der Waals surface area contributed by atoms with E-state index in [1.807, 2.05) is 42.2 Å². The summed E-state index contributed by atoms with van der Waals surface area (Å²) in [6.07, 6.45) is 2.30. The third-order valence-corrected chi connectivity index (χ3v) is 5.06.